The van der Waals surface area contributed by atoms with Crippen molar-refractivity contribution in [3.63, 3.8) is 0 Å². The highest BCUT2D eigenvalue weighted by Gasteiger charge is 2.34. The first-order valence-electron chi connectivity index (χ1n) is 18.2. The van der Waals surface area contributed by atoms with Crippen LogP contribution in [0.15, 0.2) is 97.1 Å². The summed E-state index contributed by atoms with van der Waals surface area (Å²) in [7, 11) is 1.82. The molecule has 0 bridgehead atoms. The summed E-state index contributed by atoms with van der Waals surface area (Å²) in [5.74, 6) is -0.588. The minimum atomic E-state index is -0.675. The Morgan fingerprint density at radius 2 is 1.58 bits per heavy atom. The number of morpholine rings is 1. The molecule has 1 atom stereocenters. The van der Waals surface area contributed by atoms with Crippen molar-refractivity contribution < 1.29 is 23.5 Å². The van der Waals surface area contributed by atoms with Crippen molar-refractivity contribution in [3.8, 4) is 17.0 Å². The van der Waals surface area contributed by atoms with Gasteiger partial charge in [0.1, 0.15) is 18.2 Å². The molecule has 2 aliphatic rings. The Morgan fingerprint density at radius 3 is 2.30 bits per heavy atom. The number of anilines is 1. The zero-order valence-corrected chi connectivity index (χ0v) is 31.5. The average molecular weight is 737 g/mol. The number of rotatable bonds is 9. The number of amides is 2. The number of halogens is 2. The van der Waals surface area contributed by atoms with E-state index < -0.39 is 5.82 Å². The maximum atomic E-state index is 15.2. The molecule has 1 saturated heterocycles. The van der Waals surface area contributed by atoms with Gasteiger partial charge >= 0.3 is 0 Å². The van der Waals surface area contributed by atoms with Gasteiger partial charge in [0.2, 0.25) is 0 Å². The molecule has 8 nitrogen and oxygen atoms in total. The number of ether oxygens (including phenoxy) is 2. The Hall–Kier alpha value is -4.96. The second-order valence-corrected chi connectivity index (χ2v) is 13.5. The third-order valence-electron chi connectivity index (χ3n) is 9.90. The summed E-state index contributed by atoms with van der Waals surface area (Å²) < 4.78 is 28.5. The van der Waals surface area contributed by atoms with E-state index in [1.807, 2.05) is 97.9 Å². The van der Waals surface area contributed by atoms with Crippen LogP contribution in [0.3, 0.4) is 0 Å². The van der Waals surface area contributed by atoms with Gasteiger partial charge in [0, 0.05) is 61.9 Å². The van der Waals surface area contributed by atoms with E-state index in [9.17, 15) is 9.59 Å². The van der Waals surface area contributed by atoms with Gasteiger partial charge in [-0.15, -0.1) is 0 Å². The quantitative estimate of drug-likeness (QED) is 0.164. The fourth-order valence-electron chi connectivity index (χ4n) is 6.92. The molecule has 2 amide bonds. The summed E-state index contributed by atoms with van der Waals surface area (Å²) in [6.45, 7) is 10.3. The van der Waals surface area contributed by atoms with Crippen LogP contribution in [0.2, 0.25) is 5.02 Å². The Morgan fingerprint density at radius 1 is 0.906 bits per heavy atom. The Bertz CT molecular complexity index is 2040. The first kappa shape index (κ1) is 37.8. The fraction of sp³-hybridized carbons (Fsp3) is 0.302. The molecule has 0 radical (unpaired) electrons. The molecule has 53 heavy (non-hydrogen) atoms. The van der Waals surface area contributed by atoms with E-state index >= 15 is 4.39 Å². The van der Waals surface area contributed by atoms with Crippen LogP contribution in [0.25, 0.3) is 11.3 Å². The number of hydrogen-bond acceptors (Lipinski definition) is 5. The number of benzene rings is 4. The molecule has 276 valence electrons. The van der Waals surface area contributed by atoms with Crippen molar-refractivity contribution in [1.29, 1.82) is 0 Å². The van der Waals surface area contributed by atoms with Crippen molar-refractivity contribution in [2.45, 2.75) is 46.4 Å². The van der Waals surface area contributed by atoms with E-state index in [1.165, 1.54) is 17.7 Å². The van der Waals surface area contributed by atoms with Crippen molar-refractivity contribution in [2.75, 3.05) is 38.2 Å². The zero-order valence-electron chi connectivity index (χ0n) is 30.7. The summed E-state index contributed by atoms with van der Waals surface area (Å²) in [4.78, 5) is 32.4. The van der Waals surface area contributed by atoms with Crippen LogP contribution in [0.1, 0.15) is 56.9 Å². The zero-order chi connectivity index (χ0) is 37.5. The van der Waals surface area contributed by atoms with E-state index in [-0.39, 0.29) is 28.4 Å². The molecular weight excluding hydrogens is 691 g/mol. The minimum Gasteiger partial charge on any atom is -0.489 e. The van der Waals surface area contributed by atoms with E-state index in [0.717, 1.165) is 24.2 Å². The Balaban J connectivity index is 0.00000236. The van der Waals surface area contributed by atoms with Crippen LogP contribution in [-0.4, -0.2) is 65.1 Å². The van der Waals surface area contributed by atoms with Crippen molar-refractivity contribution in [1.82, 2.24) is 14.4 Å². The molecule has 0 aliphatic carbocycles. The van der Waals surface area contributed by atoms with E-state index in [1.54, 1.807) is 18.2 Å². The molecule has 1 N–H and O–H groups in total. The number of carbonyl (C=O) groups is 2. The monoisotopic (exact) mass is 736 g/mol. The van der Waals surface area contributed by atoms with Crippen LogP contribution in [0.4, 0.5) is 10.1 Å². The summed E-state index contributed by atoms with van der Waals surface area (Å²) in [6.07, 6.45) is 0.693. The first-order chi connectivity index (χ1) is 25.7. The van der Waals surface area contributed by atoms with Gasteiger partial charge in [0.25, 0.3) is 11.8 Å². The van der Waals surface area contributed by atoms with Gasteiger partial charge in [-0.2, -0.15) is 0 Å². The molecule has 4 aromatic carbocycles. The molecule has 5 aromatic rings. The Labute approximate surface area is 316 Å². The highest BCUT2D eigenvalue weighted by atomic mass is 35.5. The van der Waals surface area contributed by atoms with Gasteiger partial charge < -0.3 is 24.3 Å². The highest BCUT2D eigenvalue weighted by Crippen LogP contribution is 2.35. The summed E-state index contributed by atoms with van der Waals surface area (Å²) in [5.41, 5.74) is 6.29. The number of nitrogens with zero attached hydrogens (tertiary/aromatic N) is 3. The lowest BCUT2D eigenvalue weighted by Crippen LogP contribution is -2.52. The number of aromatic nitrogens is 1. The van der Waals surface area contributed by atoms with Crippen LogP contribution in [-0.2, 0) is 31.4 Å². The lowest BCUT2D eigenvalue weighted by Gasteiger charge is -2.40. The second-order valence-electron chi connectivity index (χ2n) is 13.1. The van der Waals surface area contributed by atoms with Crippen LogP contribution < -0.4 is 10.1 Å². The summed E-state index contributed by atoms with van der Waals surface area (Å²) in [5, 5.41) is 2.87. The highest BCUT2D eigenvalue weighted by molar-refractivity contribution is 6.31. The third kappa shape index (κ3) is 8.65. The summed E-state index contributed by atoms with van der Waals surface area (Å²) >= 11 is 6.37. The van der Waals surface area contributed by atoms with Gasteiger partial charge in [-0.05, 0) is 72.5 Å². The number of carbonyl (C=O) groups excluding carboxylic acids is 2. The predicted octanol–water partition coefficient (Wildman–Crippen LogP) is 8.55. The molecule has 0 saturated carbocycles. The summed E-state index contributed by atoms with van der Waals surface area (Å²) in [6, 6.07) is 29.6. The first-order valence-corrected chi connectivity index (χ1v) is 18.5. The van der Waals surface area contributed by atoms with E-state index in [4.69, 9.17) is 21.1 Å². The van der Waals surface area contributed by atoms with E-state index in [2.05, 4.69) is 16.3 Å². The normalized spacial score (nSPS) is 15.6. The smallest absolute Gasteiger partial charge is 0.257 e. The topological polar surface area (TPSA) is 76.0 Å². The van der Waals surface area contributed by atoms with Gasteiger partial charge in [-0.1, -0.05) is 80.0 Å². The molecule has 3 heterocycles. The third-order valence-corrected chi connectivity index (χ3v) is 10.2. The molecule has 2 aliphatic heterocycles. The lowest BCUT2D eigenvalue weighted by atomic mass is 9.92. The minimum absolute atomic E-state index is 0.102. The van der Waals surface area contributed by atoms with Crippen molar-refractivity contribution in [2.24, 2.45) is 7.05 Å². The van der Waals surface area contributed by atoms with Crippen LogP contribution in [0.5, 0.6) is 5.75 Å². The average Bonchev–Trinajstić information content (AvgIpc) is 3.49. The van der Waals surface area contributed by atoms with Gasteiger partial charge in [-0.25, -0.2) is 4.39 Å². The molecule has 10 heteroatoms. The predicted molar refractivity (Wildman–Crippen MR) is 208 cm³/mol. The molecular formula is C43H46ClFN4O4. The molecule has 0 unspecified atom stereocenters. The SMILES string of the molecule is CC.Cc1c(C(=O)Nc2ccc(OCc3ccccc3)cc2)cc(-c2cc(Cl)c(F)cc2C(=O)N2Cc3ccccc3C[C@H]2CN2CCOCC2)n1C. The lowest BCUT2D eigenvalue weighted by molar-refractivity contribution is 0.0193. The number of nitrogens with one attached hydrogen (secondary N) is 1. The standard InChI is InChI=1S/C41H40ClFN4O4.C2H6/c1-27-34(40(48)44-31-12-14-33(15-13-31)51-26-28-8-4-3-5-9-28)23-39(45(27)2)35-21-37(42)38(43)22-36(35)41(49)47-24-30-11-7-6-10-29(30)20-32(47)25-46-16-18-50-19-17-46;1-2/h3-15,21-23,32H,16-20,24-26H2,1-2H3,(H,44,48);1-2H3/t32-;/m0./s1. The van der Waals surface area contributed by atoms with Crippen molar-refractivity contribution >= 4 is 29.1 Å². The maximum Gasteiger partial charge on any atom is 0.257 e. The number of fused-ring (bicyclic) bond motifs is 1. The second kappa shape index (κ2) is 17.2. The molecule has 1 aromatic heterocycles. The van der Waals surface area contributed by atoms with Gasteiger partial charge in [0.05, 0.1) is 29.4 Å². The molecule has 1 fully saturated rings. The van der Waals surface area contributed by atoms with Crippen molar-refractivity contribution in [3.05, 3.63) is 141 Å². The fourth-order valence-corrected chi connectivity index (χ4v) is 7.09. The van der Waals surface area contributed by atoms with Gasteiger partial charge in [0.15, 0.2) is 0 Å². The molecule has 0 spiro atoms. The van der Waals surface area contributed by atoms with E-state index in [0.29, 0.717) is 73.3 Å². The molecule has 7 rings (SSSR count). The Kier molecular flexibility index (Phi) is 12.3. The van der Waals surface area contributed by atoms with Gasteiger partial charge in [-0.3, -0.25) is 14.5 Å². The maximum absolute atomic E-state index is 15.2. The van der Waals surface area contributed by atoms with Crippen LogP contribution in [0, 0.1) is 12.7 Å². The van der Waals surface area contributed by atoms with Crippen LogP contribution >= 0.6 is 11.6 Å². The largest absolute Gasteiger partial charge is 0.489 e. The number of hydrogen-bond donors (Lipinski definition) is 1.